The maximum Gasteiger partial charge on any atom is 0.224 e. The van der Waals surface area contributed by atoms with E-state index in [-0.39, 0.29) is 11.9 Å². The van der Waals surface area contributed by atoms with Crippen LogP contribution in [-0.4, -0.2) is 34.6 Å². The largest absolute Gasteiger partial charge is 0.364 e. The van der Waals surface area contributed by atoms with Gasteiger partial charge in [-0.1, -0.05) is 13.8 Å². The fraction of sp³-hybridized carbons (Fsp3) is 0.667. The first kappa shape index (κ1) is 15.0. The molecule has 1 rings (SSSR count). The minimum absolute atomic E-state index is 0.225. The maximum absolute atomic E-state index is 13.6. The van der Waals surface area contributed by atoms with Crippen LogP contribution in [0.2, 0.25) is 0 Å². The summed E-state index contributed by atoms with van der Waals surface area (Å²) < 4.78 is 13.6. The van der Waals surface area contributed by atoms with Crippen LogP contribution in [0.25, 0.3) is 0 Å². The predicted octanol–water partition coefficient (Wildman–Crippen LogP) is 2.99. The third-order valence-electron chi connectivity index (χ3n) is 2.48. The van der Waals surface area contributed by atoms with E-state index in [0.29, 0.717) is 5.95 Å². The second-order valence-electron chi connectivity index (χ2n) is 4.02. The molecule has 0 aromatic carbocycles. The number of anilines is 2. The zero-order chi connectivity index (χ0) is 13.4. The van der Waals surface area contributed by atoms with Crippen molar-refractivity contribution in [3.63, 3.8) is 0 Å². The molecular formula is C12H21FN4S. The molecule has 2 N–H and O–H groups in total. The highest BCUT2D eigenvalue weighted by Gasteiger charge is 2.11. The van der Waals surface area contributed by atoms with Crippen LogP contribution < -0.4 is 10.6 Å². The Hall–Kier alpha value is -1.04. The average Bonchev–Trinajstić information content (AvgIpc) is 2.38. The molecule has 18 heavy (non-hydrogen) atoms. The summed E-state index contributed by atoms with van der Waals surface area (Å²) >= 11 is 1.73. The Morgan fingerprint density at radius 3 is 2.83 bits per heavy atom. The van der Waals surface area contributed by atoms with E-state index in [2.05, 4.69) is 34.4 Å². The molecule has 0 spiro atoms. The summed E-state index contributed by atoms with van der Waals surface area (Å²) in [5, 5.41) is 6.18. The molecule has 0 aliphatic heterocycles. The average molecular weight is 272 g/mol. The van der Waals surface area contributed by atoms with Gasteiger partial charge in [0, 0.05) is 18.3 Å². The number of hydrogen-bond donors (Lipinski definition) is 2. The minimum Gasteiger partial charge on any atom is -0.364 e. The topological polar surface area (TPSA) is 49.8 Å². The highest BCUT2D eigenvalue weighted by Crippen LogP contribution is 2.15. The highest BCUT2D eigenvalue weighted by molar-refractivity contribution is 7.98. The number of thioether (sulfide) groups is 1. The van der Waals surface area contributed by atoms with Crippen molar-refractivity contribution in [2.75, 3.05) is 29.2 Å². The molecule has 0 bridgehead atoms. The quantitative estimate of drug-likeness (QED) is 0.762. The first-order valence-corrected chi connectivity index (χ1v) is 7.62. The second kappa shape index (κ2) is 8.13. The molecule has 1 atom stereocenters. The van der Waals surface area contributed by atoms with Gasteiger partial charge in [0.2, 0.25) is 5.95 Å². The number of aromatic nitrogens is 2. The SMILES string of the molecule is CCCNc1ncc(F)c(NC(CC)CSC)n1. The van der Waals surface area contributed by atoms with E-state index in [1.54, 1.807) is 11.8 Å². The van der Waals surface area contributed by atoms with Gasteiger partial charge in [0.25, 0.3) is 0 Å². The summed E-state index contributed by atoms with van der Waals surface area (Å²) in [4.78, 5) is 8.08. The summed E-state index contributed by atoms with van der Waals surface area (Å²) in [7, 11) is 0. The second-order valence-corrected chi connectivity index (χ2v) is 4.93. The molecule has 1 unspecified atom stereocenters. The smallest absolute Gasteiger partial charge is 0.224 e. The van der Waals surface area contributed by atoms with Crippen molar-refractivity contribution in [3.05, 3.63) is 12.0 Å². The lowest BCUT2D eigenvalue weighted by Gasteiger charge is -2.17. The van der Waals surface area contributed by atoms with E-state index in [9.17, 15) is 4.39 Å². The molecule has 0 aliphatic carbocycles. The standard InChI is InChI=1S/C12H21FN4S/c1-4-6-14-12-15-7-10(13)11(17-12)16-9(5-2)8-18-3/h7,9H,4-6,8H2,1-3H3,(H2,14,15,16,17). The van der Waals surface area contributed by atoms with Gasteiger partial charge in [-0.3, -0.25) is 0 Å². The highest BCUT2D eigenvalue weighted by atomic mass is 32.2. The third kappa shape index (κ3) is 4.68. The lowest BCUT2D eigenvalue weighted by Crippen LogP contribution is -2.23. The van der Waals surface area contributed by atoms with Crippen molar-refractivity contribution in [2.45, 2.75) is 32.7 Å². The molecule has 0 saturated carbocycles. The van der Waals surface area contributed by atoms with Gasteiger partial charge in [-0.05, 0) is 19.1 Å². The number of hydrogen-bond acceptors (Lipinski definition) is 5. The van der Waals surface area contributed by atoms with Crippen LogP contribution in [0, 0.1) is 5.82 Å². The zero-order valence-electron chi connectivity index (χ0n) is 11.2. The van der Waals surface area contributed by atoms with E-state index < -0.39 is 5.82 Å². The fourth-order valence-corrected chi connectivity index (χ4v) is 2.17. The normalized spacial score (nSPS) is 12.2. The predicted molar refractivity (Wildman–Crippen MR) is 76.9 cm³/mol. The Morgan fingerprint density at radius 1 is 1.44 bits per heavy atom. The molecule has 0 saturated heterocycles. The van der Waals surface area contributed by atoms with Crippen LogP contribution in [0.3, 0.4) is 0 Å². The van der Waals surface area contributed by atoms with E-state index in [1.807, 2.05) is 6.26 Å². The Labute approximate surface area is 112 Å². The van der Waals surface area contributed by atoms with Gasteiger partial charge in [0.05, 0.1) is 6.20 Å². The maximum atomic E-state index is 13.6. The van der Waals surface area contributed by atoms with Crippen LogP contribution in [0.5, 0.6) is 0 Å². The van der Waals surface area contributed by atoms with Crippen molar-refractivity contribution < 1.29 is 4.39 Å². The number of rotatable bonds is 8. The van der Waals surface area contributed by atoms with Crippen molar-refractivity contribution >= 4 is 23.5 Å². The van der Waals surface area contributed by atoms with Gasteiger partial charge in [-0.2, -0.15) is 16.7 Å². The molecule has 4 nitrogen and oxygen atoms in total. The Kier molecular flexibility index (Phi) is 6.78. The van der Waals surface area contributed by atoms with Crippen LogP contribution in [0.4, 0.5) is 16.2 Å². The molecule has 0 fully saturated rings. The molecule has 0 aliphatic rings. The molecule has 6 heteroatoms. The van der Waals surface area contributed by atoms with Crippen LogP contribution in [0.1, 0.15) is 26.7 Å². The summed E-state index contributed by atoms with van der Waals surface area (Å²) in [6, 6.07) is 0.225. The zero-order valence-corrected chi connectivity index (χ0v) is 12.0. The van der Waals surface area contributed by atoms with E-state index >= 15 is 0 Å². The van der Waals surface area contributed by atoms with Crippen LogP contribution in [0.15, 0.2) is 6.20 Å². The lowest BCUT2D eigenvalue weighted by atomic mass is 10.2. The molecule has 1 heterocycles. The van der Waals surface area contributed by atoms with Crippen molar-refractivity contribution in [3.8, 4) is 0 Å². The lowest BCUT2D eigenvalue weighted by molar-refractivity contribution is 0.612. The van der Waals surface area contributed by atoms with Crippen LogP contribution in [-0.2, 0) is 0 Å². The summed E-state index contributed by atoms with van der Waals surface area (Å²) in [6.45, 7) is 4.91. The molecule has 1 aromatic rings. The van der Waals surface area contributed by atoms with Gasteiger partial charge in [-0.25, -0.2) is 9.37 Å². The van der Waals surface area contributed by atoms with E-state index in [0.717, 1.165) is 25.1 Å². The monoisotopic (exact) mass is 272 g/mol. The van der Waals surface area contributed by atoms with Crippen molar-refractivity contribution in [2.24, 2.45) is 0 Å². The molecular weight excluding hydrogens is 251 g/mol. The van der Waals surface area contributed by atoms with Crippen molar-refractivity contribution in [1.29, 1.82) is 0 Å². The fourth-order valence-electron chi connectivity index (χ4n) is 1.45. The van der Waals surface area contributed by atoms with E-state index in [4.69, 9.17) is 0 Å². The molecule has 0 amide bonds. The summed E-state index contributed by atoms with van der Waals surface area (Å²) in [5.41, 5.74) is 0. The first-order chi connectivity index (χ1) is 8.71. The Morgan fingerprint density at radius 2 is 2.22 bits per heavy atom. The van der Waals surface area contributed by atoms with Crippen molar-refractivity contribution in [1.82, 2.24) is 9.97 Å². The van der Waals surface area contributed by atoms with Crippen LogP contribution >= 0.6 is 11.8 Å². The van der Waals surface area contributed by atoms with Gasteiger partial charge in [0.15, 0.2) is 11.6 Å². The summed E-state index contributed by atoms with van der Waals surface area (Å²) in [5.74, 6) is 1.28. The Bertz CT molecular complexity index is 362. The first-order valence-electron chi connectivity index (χ1n) is 6.23. The summed E-state index contributed by atoms with van der Waals surface area (Å²) in [6.07, 6.45) is 5.16. The molecule has 102 valence electrons. The molecule has 0 radical (unpaired) electrons. The van der Waals surface area contributed by atoms with Gasteiger partial charge >= 0.3 is 0 Å². The third-order valence-corrected chi connectivity index (χ3v) is 3.21. The van der Waals surface area contributed by atoms with Gasteiger partial charge in [-0.15, -0.1) is 0 Å². The number of nitrogens with zero attached hydrogens (tertiary/aromatic N) is 2. The number of nitrogens with one attached hydrogen (secondary N) is 2. The Balaban J connectivity index is 2.73. The molecule has 1 aromatic heterocycles. The van der Waals surface area contributed by atoms with Gasteiger partial charge in [0.1, 0.15) is 0 Å². The minimum atomic E-state index is -0.406. The van der Waals surface area contributed by atoms with E-state index in [1.165, 1.54) is 6.20 Å². The van der Waals surface area contributed by atoms with Gasteiger partial charge < -0.3 is 10.6 Å². The number of halogens is 1.